The lowest BCUT2D eigenvalue weighted by atomic mass is 10.2. The molecule has 1 amide bonds. The summed E-state index contributed by atoms with van der Waals surface area (Å²) in [6.07, 6.45) is 1.01. The van der Waals surface area contributed by atoms with Crippen molar-refractivity contribution in [3.63, 3.8) is 0 Å². The van der Waals surface area contributed by atoms with Gasteiger partial charge < -0.3 is 15.2 Å². The summed E-state index contributed by atoms with van der Waals surface area (Å²) >= 11 is 5.93. The Morgan fingerprint density at radius 2 is 2.32 bits per heavy atom. The number of likely N-dealkylation sites (tertiary alicyclic amines) is 1. The highest BCUT2D eigenvalue weighted by Crippen LogP contribution is 2.20. The van der Waals surface area contributed by atoms with Crippen LogP contribution in [0.2, 0.25) is 5.02 Å². The third-order valence-corrected chi connectivity index (χ3v) is 3.79. The van der Waals surface area contributed by atoms with Crippen LogP contribution >= 0.6 is 11.6 Å². The largest absolute Gasteiger partial charge is 0.350 e. The van der Waals surface area contributed by atoms with Crippen molar-refractivity contribution in [2.75, 3.05) is 20.1 Å². The summed E-state index contributed by atoms with van der Waals surface area (Å²) in [5, 5.41) is 4.72. The monoisotopic (exact) mass is 277 g/mol. The van der Waals surface area contributed by atoms with Crippen molar-refractivity contribution >= 4 is 28.4 Å². The number of aromatic amines is 1. The molecule has 0 bridgehead atoms. The van der Waals surface area contributed by atoms with Gasteiger partial charge >= 0.3 is 0 Å². The first kappa shape index (κ1) is 12.5. The van der Waals surface area contributed by atoms with Crippen LogP contribution in [0.3, 0.4) is 0 Å². The van der Waals surface area contributed by atoms with E-state index in [1.165, 1.54) is 0 Å². The van der Waals surface area contributed by atoms with Gasteiger partial charge in [-0.3, -0.25) is 4.79 Å². The van der Waals surface area contributed by atoms with Crippen LogP contribution in [0, 0.1) is 0 Å². The van der Waals surface area contributed by atoms with Crippen LogP contribution in [0.15, 0.2) is 24.3 Å². The van der Waals surface area contributed by atoms with E-state index in [4.69, 9.17) is 11.6 Å². The lowest BCUT2D eigenvalue weighted by molar-refractivity contribution is 0.0934. The number of fused-ring (bicyclic) bond motifs is 1. The Labute approximate surface area is 116 Å². The number of aromatic nitrogens is 1. The molecule has 1 aliphatic rings. The Balaban J connectivity index is 1.78. The van der Waals surface area contributed by atoms with Crippen LogP contribution in [0.25, 0.3) is 10.9 Å². The van der Waals surface area contributed by atoms with Crippen LogP contribution < -0.4 is 5.32 Å². The van der Waals surface area contributed by atoms with Crippen molar-refractivity contribution in [1.29, 1.82) is 0 Å². The molecule has 1 aliphatic heterocycles. The molecule has 0 radical (unpaired) electrons. The van der Waals surface area contributed by atoms with E-state index in [2.05, 4.69) is 22.2 Å². The molecule has 1 aromatic carbocycles. The van der Waals surface area contributed by atoms with Crippen LogP contribution in [0.1, 0.15) is 16.9 Å². The van der Waals surface area contributed by atoms with E-state index >= 15 is 0 Å². The van der Waals surface area contributed by atoms with E-state index in [-0.39, 0.29) is 11.9 Å². The summed E-state index contributed by atoms with van der Waals surface area (Å²) in [5.74, 6) is -0.0485. The molecule has 1 atom stereocenters. The number of rotatable bonds is 2. The SMILES string of the molecule is CN1CC[C@H](NC(=O)c2cc3ccc(Cl)cc3[nH]2)C1. The number of halogens is 1. The molecule has 2 heterocycles. The zero-order valence-electron chi connectivity index (χ0n) is 10.7. The average molecular weight is 278 g/mol. The van der Waals surface area contributed by atoms with Gasteiger partial charge in [0.15, 0.2) is 0 Å². The van der Waals surface area contributed by atoms with Crippen LogP contribution in [-0.2, 0) is 0 Å². The Hall–Kier alpha value is -1.52. The zero-order chi connectivity index (χ0) is 13.4. The summed E-state index contributed by atoms with van der Waals surface area (Å²) in [6.45, 7) is 1.95. The highest BCUT2D eigenvalue weighted by molar-refractivity contribution is 6.31. The molecule has 3 rings (SSSR count). The molecule has 1 fully saturated rings. The number of benzene rings is 1. The minimum absolute atomic E-state index is 0.0485. The number of likely N-dealkylation sites (N-methyl/N-ethyl adjacent to an activating group) is 1. The van der Waals surface area contributed by atoms with Gasteiger partial charge in [0, 0.05) is 28.5 Å². The van der Waals surface area contributed by atoms with Crippen molar-refractivity contribution < 1.29 is 4.79 Å². The predicted molar refractivity (Wildman–Crippen MR) is 76.7 cm³/mol. The maximum absolute atomic E-state index is 12.2. The molecule has 5 heteroatoms. The van der Waals surface area contributed by atoms with Crippen molar-refractivity contribution in [1.82, 2.24) is 15.2 Å². The van der Waals surface area contributed by atoms with E-state index < -0.39 is 0 Å². The molecule has 1 saturated heterocycles. The topological polar surface area (TPSA) is 48.1 Å². The Bertz CT molecular complexity index is 622. The summed E-state index contributed by atoms with van der Waals surface area (Å²) in [5.41, 5.74) is 1.48. The second-order valence-electron chi connectivity index (χ2n) is 5.14. The second-order valence-corrected chi connectivity index (χ2v) is 5.57. The lowest BCUT2D eigenvalue weighted by Crippen LogP contribution is -2.36. The molecule has 2 aromatic rings. The number of amides is 1. The molecular formula is C14H16ClN3O. The quantitative estimate of drug-likeness (QED) is 0.885. The zero-order valence-corrected chi connectivity index (χ0v) is 11.5. The standard InChI is InChI=1S/C14H16ClN3O/c1-18-5-4-11(8-18)16-14(19)13-6-9-2-3-10(15)7-12(9)17-13/h2-3,6-7,11,17H,4-5,8H2,1H3,(H,16,19)/t11-/m0/s1. The molecule has 0 saturated carbocycles. The lowest BCUT2D eigenvalue weighted by Gasteiger charge is -2.11. The van der Waals surface area contributed by atoms with E-state index in [1.54, 1.807) is 0 Å². The number of nitrogens with zero attached hydrogens (tertiary/aromatic N) is 1. The number of hydrogen-bond acceptors (Lipinski definition) is 2. The van der Waals surface area contributed by atoms with Crippen LogP contribution in [0.5, 0.6) is 0 Å². The molecule has 19 heavy (non-hydrogen) atoms. The van der Waals surface area contributed by atoms with Gasteiger partial charge in [0.25, 0.3) is 5.91 Å². The normalized spacial score (nSPS) is 20.0. The van der Waals surface area contributed by atoms with E-state index in [9.17, 15) is 4.79 Å². The first-order valence-corrected chi connectivity index (χ1v) is 6.77. The molecule has 0 unspecified atom stereocenters. The fraction of sp³-hybridized carbons (Fsp3) is 0.357. The number of H-pyrrole nitrogens is 1. The van der Waals surface area contributed by atoms with Gasteiger partial charge in [-0.05, 0) is 38.2 Å². The predicted octanol–water partition coefficient (Wildman–Crippen LogP) is 2.26. The summed E-state index contributed by atoms with van der Waals surface area (Å²) in [4.78, 5) is 17.5. The molecule has 0 spiro atoms. The first-order chi connectivity index (χ1) is 9.11. The number of nitrogens with one attached hydrogen (secondary N) is 2. The van der Waals surface area contributed by atoms with Gasteiger partial charge in [0.2, 0.25) is 0 Å². The van der Waals surface area contributed by atoms with Gasteiger partial charge in [0.1, 0.15) is 5.69 Å². The van der Waals surface area contributed by atoms with E-state index in [1.807, 2.05) is 24.3 Å². The third kappa shape index (κ3) is 2.60. The maximum atomic E-state index is 12.2. The average Bonchev–Trinajstić information content (AvgIpc) is 2.95. The number of carbonyl (C=O) groups excluding carboxylic acids is 1. The summed E-state index contributed by atoms with van der Waals surface area (Å²) < 4.78 is 0. The number of carbonyl (C=O) groups is 1. The fourth-order valence-electron chi connectivity index (χ4n) is 2.54. The van der Waals surface area contributed by atoms with Gasteiger partial charge in [-0.15, -0.1) is 0 Å². The highest BCUT2D eigenvalue weighted by atomic mass is 35.5. The van der Waals surface area contributed by atoms with Crippen LogP contribution in [-0.4, -0.2) is 42.0 Å². The minimum Gasteiger partial charge on any atom is -0.350 e. The summed E-state index contributed by atoms with van der Waals surface area (Å²) in [7, 11) is 2.07. The van der Waals surface area contributed by atoms with Gasteiger partial charge in [-0.1, -0.05) is 17.7 Å². The third-order valence-electron chi connectivity index (χ3n) is 3.56. The minimum atomic E-state index is -0.0485. The van der Waals surface area contributed by atoms with Gasteiger partial charge in [-0.2, -0.15) is 0 Å². The van der Waals surface area contributed by atoms with Crippen molar-refractivity contribution in [2.45, 2.75) is 12.5 Å². The Morgan fingerprint density at radius 3 is 3.05 bits per heavy atom. The second kappa shape index (κ2) is 4.87. The molecule has 0 aliphatic carbocycles. The fourth-order valence-corrected chi connectivity index (χ4v) is 2.71. The number of hydrogen-bond donors (Lipinski definition) is 2. The van der Waals surface area contributed by atoms with Crippen molar-refractivity contribution in [3.8, 4) is 0 Å². The molecule has 4 nitrogen and oxygen atoms in total. The molecular weight excluding hydrogens is 262 g/mol. The Kier molecular flexibility index (Phi) is 3.21. The first-order valence-electron chi connectivity index (χ1n) is 6.39. The van der Waals surface area contributed by atoms with Gasteiger partial charge in [0.05, 0.1) is 0 Å². The summed E-state index contributed by atoms with van der Waals surface area (Å²) in [6, 6.07) is 7.67. The molecule has 1 aromatic heterocycles. The molecule has 100 valence electrons. The van der Waals surface area contributed by atoms with E-state index in [0.29, 0.717) is 10.7 Å². The van der Waals surface area contributed by atoms with E-state index in [0.717, 1.165) is 30.4 Å². The van der Waals surface area contributed by atoms with Gasteiger partial charge in [-0.25, -0.2) is 0 Å². The Morgan fingerprint density at radius 1 is 1.47 bits per heavy atom. The van der Waals surface area contributed by atoms with Crippen molar-refractivity contribution in [2.24, 2.45) is 0 Å². The smallest absolute Gasteiger partial charge is 0.267 e. The maximum Gasteiger partial charge on any atom is 0.267 e. The molecule has 2 N–H and O–H groups in total. The highest BCUT2D eigenvalue weighted by Gasteiger charge is 2.22. The van der Waals surface area contributed by atoms with Crippen molar-refractivity contribution in [3.05, 3.63) is 35.0 Å². The van der Waals surface area contributed by atoms with Crippen LogP contribution in [0.4, 0.5) is 0 Å².